The molecule has 0 unspecified atom stereocenters. The quantitative estimate of drug-likeness (QED) is 0.606. The Hall–Kier alpha value is -1.14. The van der Waals surface area contributed by atoms with E-state index in [2.05, 4.69) is 22.9 Å². The first-order valence-corrected chi connectivity index (χ1v) is 7.15. The third-order valence-corrected chi connectivity index (χ3v) is 3.97. The number of carbonyl (C=O) groups excluding carboxylic acids is 2. The van der Waals surface area contributed by atoms with Gasteiger partial charge in [-0.2, -0.15) is 0 Å². The highest BCUT2D eigenvalue weighted by atomic mass is 16.2. The predicted molar refractivity (Wildman–Crippen MR) is 72.6 cm³/mol. The lowest BCUT2D eigenvalue weighted by Crippen LogP contribution is -2.53. The standard InChI is InChI=1S/C13H24N4O2/c1-10-3-2-4-15-11(10)7-16-12(18)9-17-6-5-14-8-13(17)19/h10-11,14-15H,2-9H2,1H3,(H,16,18)/t10-,11-/m0/s1. The summed E-state index contributed by atoms with van der Waals surface area (Å²) in [6, 6.07) is 0.358. The molecule has 2 atom stereocenters. The van der Waals surface area contributed by atoms with Gasteiger partial charge in [-0.15, -0.1) is 0 Å². The minimum absolute atomic E-state index is 0.00515. The number of rotatable bonds is 4. The summed E-state index contributed by atoms with van der Waals surface area (Å²) in [6.07, 6.45) is 2.42. The summed E-state index contributed by atoms with van der Waals surface area (Å²) in [5, 5.41) is 9.36. The lowest BCUT2D eigenvalue weighted by Gasteiger charge is -2.31. The zero-order valence-corrected chi connectivity index (χ0v) is 11.6. The second-order valence-corrected chi connectivity index (χ2v) is 5.48. The maximum atomic E-state index is 11.9. The number of piperazine rings is 1. The minimum Gasteiger partial charge on any atom is -0.353 e. The van der Waals surface area contributed by atoms with Gasteiger partial charge < -0.3 is 20.9 Å². The molecule has 3 N–H and O–H groups in total. The van der Waals surface area contributed by atoms with Gasteiger partial charge in [0.25, 0.3) is 0 Å². The maximum absolute atomic E-state index is 11.9. The zero-order valence-electron chi connectivity index (χ0n) is 11.6. The fourth-order valence-corrected chi connectivity index (χ4v) is 2.65. The Bertz CT molecular complexity index is 335. The highest BCUT2D eigenvalue weighted by molar-refractivity contribution is 5.86. The van der Waals surface area contributed by atoms with Crippen molar-refractivity contribution in [2.45, 2.75) is 25.8 Å². The molecule has 0 aromatic heterocycles. The van der Waals surface area contributed by atoms with Crippen molar-refractivity contribution < 1.29 is 9.59 Å². The number of nitrogens with zero attached hydrogens (tertiary/aromatic N) is 1. The molecule has 2 amide bonds. The molecule has 2 fully saturated rings. The van der Waals surface area contributed by atoms with Crippen LogP contribution < -0.4 is 16.0 Å². The molecule has 2 saturated heterocycles. The molecule has 6 nitrogen and oxygen atoms in total. The molecule has 19 heavy (non-hydrogen) atoms. The molecule has 2 aliphatic heterocycles. The van der Waals surface area contributed by atoms with Crippen LogP contribution in [-0.2, 0) is 9.59 Å². The van der Waals surface area contributed by atoms with E-state index in [1.165, 1.54) is 12.8 Å². The molecule has 0 saturated carbocycles. The maximum Gasteiger partial charge on any atom is 0.239 e. The van der Waals surface area contributed by atoms with Crippen molar-refractivity contribution in [1.82, 2.24) is 20.9 Å². The van der Waals surface area contributed by atoms with Crippen LogP contribution in [0.4, 0.5) is 0 Å². The molecule has 0 aliphatic carbocycles. The molecule has 6 heteroatoms. The number of nitrogens with one attached hydrogen (secondary N) is 3. The average Bonchev–Trinajstić information content (AvgIpc) is 2.40. The van der Waals surface area contributed by atoms with Crippen LogP contribution in [0.1, 0.15) is 19.8 Å². The summed E-state index contributed by atoms with van der Waals surface area (Å²) < 4.78 is 0. The number of hydrogen-bond donors (Lipinski definition) is 3. The molecule has 2 heterocycles. The van der Waals surface area contributed by atoms with Crippen molar-refractivity contribution in [2.24, 2.45) is 5.92 Å². The lowest BCUT2D eigenvalue weighted by molar-refractivity contribution is -0.136. The fraction of sp³-hybridized carbons (Fsp3) is 0.846. The summed E-state index contributed by atoms with van der Waals surface area (Å²) in [4.78, 5) is 25.0. The molecule has 0 radical (unpaired) electrons. The monoisotopic (exact) mass is 268 g/mol. The second-order valence-electron chi connectivity index (χ2n) is 5.48. The lowest BCUT2D eigenvalue weighted by atomic mass is 9.93. The SMILES string of the molecule is C[C@H]1CCCN[C@H]1CNC(=O)CN1CCNCC1=O. The third-order valence-electron chi connectivity index (χ3n) is 3.97. The molecule has 2 aliphatic rings. The second kappa shape index (κ2) is 6.86. The van der Waals surface area contributed by atoms with E-state index in [1.807, 2.05) is 0 Å². The van der Waals surface area contributed by atoms with E-state index < -0.39 is 0 Å². The predicted octanol–water partition coefficient (Wildman–Crippen LogP) is -1.08. The van der Waals surface area contributed by atoms with Crippen LogP contribution in [0.2, 0.25) is 0 Å². The van der Waals surface area contributed by atoms with Gasteiger partial charge in [-0.1, -0.05) is 6.92 Å². The van der Waals surface area contributed by atoms with E-state index in [1.54, 1.807) is 4.90 Å². The molecule has 0 bridgehead atoms. The summed E-state index contributed by atoms with van der Waals surface area (Å²) in [5.41, 5.74) is 0. The Kier molecular flexibility index (Phi) is 5.15. The van der Waals surface area contributed by atoms with E-state index >= 15 is 0 Å². The van der Waals surface area contributed by atoms with Gasteiger partial charge in [0.15, 0.2) is 0 Å². The number of carbonyl (C=O) groups is 2. The zero-order chi connectivity index (χ0) is 13.7. The van der Waals surface area contributed by atoms with Crippen LogP contribution in [0.5, 0.6) is 0 Å². The van der Waals surface area contributed by atoms with Gasteiger partial charge in [-0.05, 0) is 25.3 Å². The van der Waals surface area contributed by atoms with Crippen LogP contribution in [0.25, 0.3) is 0 Å². The molecule has 0 aromatic carbocycles. The van der Waals surface area contributed by atoms with Gasteiger partial charge in [-0.3, -0.25) is 9.59 Å². The van der Waals surface area contributed by atoms with Gasteiger partial charge in [0.1, 0.15) is 0 Å². The van der Waals surface area contributed by atoms with Crippen LogP contribution in [-0.4, -0.2) is 62.0 Å². The average molecular weight is 268 g/mol. The van der Waals surface area contributed by atoms with Crippen molar-refractivity contribution in [3.05, 3.63) is 0 Å². The third kappa shape index (κ3) is 4.18. The van der Waals surface area contributed by atoms with Crippen LogP contribution in [0, 0.1) is 5.92 Å². The Morgan fingerprint density at radius 3 is 3.05 bits per heavy atom. The van der Waals surface area contributed by atoms with Crippen LogP contribution >= 0.6 is 0 Å². The van der Waals surface area contributed by atoms with E-state index in [4.69, 9.17) is 0 Å². The van der Waals surface area contributed by atoms with Crippen molar-refractivity contribution in [1.29, 1.82) is 0 Å². The highest BCUT2D eigenvalue weighted by Gasteiger charge is 2.23. The van der Waals surface area contributed by atoms with Crippen molar-refractivity contribution in [3.63, 3.8) is 0 Å². The summed E-state index contributed by atoms with van der Waals surface area (Å²) in [6.45, 7) is 5.80. The molecule has 2 rings (SSSR count). The van der Waals surface area contributed by atoms with Crippen molar-refractivity contribution in [2.75, 3.05) is 39.3 Å². The van der Waals surface area contributed by atoms with Gasteiger partial charge in [0.05, 0.1) is 13.1 Å². The Morgan fingerprint density at radius 2 is 2.32 bits per heavy atom. The Morgan fingerprint density at radius 1 is 1.47 bits per heavy atom. The summed E-state index contributed by atoms with van der Waals surface area (Å²) in [5.74, 6) is 0.537. The van der Waals surface area contributed by atoms with Gasteiger partial charge >= 0.3 is 0 Å². The van der Waals surface area contributed by atoms with Gasteiger partial charge in [0.2, 0.25) is 11.8 Å². The largest absolute Gasteiger partial charge is 0.353 e. The minimum atomic E-state index is -0.0603. The van der Waals surface area contributed by atoms with E-state index in [0.29, 0.717) is 31.6 Å². The van der Waals surface area contributed by atoms with E-state index in [-0.39, 0.29) is 18.4 Å². The number of piperidine rings is 1. The normalized spacial score (nSPS) is 28.3. The van der Waals surface area contributed by atoms with E-state index in [9.17, 15) is 9.59 Å². The molecule has 0 aromatic rings. The van der Waals surface area contributed by atoms with E-state index in [0.717, 1.165) is 13.1 Å². The number of hydrogen-bond acceptors (Lipinski definition) is 4. The van der Waals surface area contributed by atoms with Gasteiger partial charge in [0, 0.05) is 25.7 Å². The van der Waals surface area contributed by atoms with Crippen LogP contribution in [0.3, 0.4) is 0 Å². The molecular formula is C13H24N4O2. The fourth-order valence-electron chi connectivity index (χ4n) is 2.65. The van der Waals surface area contributed by atoms with Crippen molar-refractivity contribution in [3.8, 4) is 0 Å². The first-order chi connectivity index (χ1) is 9.16. The number of amides is 2. The molecule has 108 valence electrons. The first-order valence-electron chi connectivity index (χ1n) is 7.15. The summed E-state index contributed by atoms with van der Waals surface area (Å²) >= 11 is 0. The Labute approximate surface area is 114 Å². The molecule has 0 spiro atoms. The highest BCUT2D eigenvalue weighted by Crippen LogP contribution is 2.14. The summed E-state index contributed by atoms with van der Waals surface area (Å²) in [7, 11) is 0. The first kappa shape index (κ1) is 14.3. The van der Waals surface area contributed by atoms with Crippen molar-refractivity contribution >= 4 is 11.8 Å². The topological polar surface area (TPSA) is 73.5 Å². The molecular weight excluding hydrogens is 244 g/mol. The van der Waals surface area contributed by atoms with Crippen LogP contribution in [0.15, 0.2) is 0 Å². The smallest absolute Gasteiger partial charge is 0.239 e. The Balaban J connectivity index is 1.70. The van der Waals surface area contributed by atoms with Gasteiger partial charge in [-0.25, -0.2) is 0 Å².